The molecule has 13 heteroatoms. The summed E-state index contributed by atoms with van der Waals surface area (Å²) in [6.07, 6.45) is 4.03. The third-order valence-electron chi connectivity index (χ3n) is 7.37. The van der Waals surface area contributed by atoms with Crippen LogP contribution in [-0.4, -0.2) is 102 Å². The Kier molecular flexibility index (Phi) is 7.35. The number of rotatable bonds is 6. The molecule has 2 saturated heterocycles. The summed E-state index contributed by atoms with van der Waals surface area (Å²) in [6.45, 7) is 4.75. The Morgan fingerprint density at radius 2 is 1.73 bits per heavy atom. The summed E-state index contributed by atoms with van der Waals surface area (Å²) in [5.41, 5.74) is 1.13. The number of piperidine rings is 1. The molecule has 0 radical (unpaired) electrons. The number of amides is 4. The summed E-state index contributed by atoms with van der Waals surface area (Å²) in [5.74, 6) is -0.483. The number of hydrogen-bond acceptors (Lipinski definition) is 7. The number of halogens is 1. The highest BCUT2D eigenvalue weighted by molar-refractivity contribution is 7.92. The Labute approximate surface area is 222 Å². The summed E-state index contributed by atoms with van der Waals surface area (Å²) in [5, 5.41) is 5.71. The molecule has 3 heterocycles. The zero-order valence-electron chi connectivity index (χ0n) is 21.4. The summed E-state index contributed by atoms with van der Waals surface area (Å²) in [6, 6.07) is 4.38. The molecular weight excluding hydrogens is 520 g/mol. The molecule has 0 unspecified atom stereocenters. The molecule has 202 valence electrons. The quantitative estimate of drug-likeness (QED) is 0.548. The average Bonchev–Trinajstić information content (AvgIpc) is 3.34. The fourth-order valence-electron chi connectivity index (χ4n) is 4.82. The van der Waals surface area contributed by atoms with Gasteiger partial charge in [0.2, 0.25) is 5.91 Å². The zero-order valence-corrected chi connectivity index (χ0v) is 23.0. The molecule has 37 heavy (non-hydrogen) atoms. The molecular formula is C24H33ClN6O5S. The highest BCUT2D eigenvalue weighted by Crippen LogP contribution is 2.30. The molecule has 2 N–H and O–H groups in total. The zero-order chi connectivity index (χ0) is 27.1. The summed E-state index contributed by atoms with van der Waals surface area (Å²) >= 11 is 5.89. The van der Waals surface area contributed by atoms with Gasteiger partial charge >= 0.3 is 6.03 Å². The van der Waals surface area contributed by atoms with Gasteiger partial charge in [-0.2, -0.15) is 0 Å². The van der Waals surface area contributed by atoms with Crippen LogP contribution in [0.1, 0.15) is 26.7 Å². The molecule has 1 aromatic rings. The van der Waals surface area contributed by atoms with E-state index < -0.39 is 32.6 Å². The summed E-state index contributed by atoms with van der Waals surface area (Å²) in [7, 11) is -1.81. The van der Waals surface area contributed by atoms with E-state index in [0.29, 0.717) is 55.7 Å². The lowest BCUT2D eigenvalue weighted by Crippen LogP contribution is -2.63. The highest BCUT2D eigenvalue weighted by atomic mass is 35.5. The molecule has 3 aliphatic heterocycles. The molecule has 1 aromatic carbocycles. The second kappa shape index (κ2) is 10.1. The molecule has 11 nitrogen and oxygen atoms in total. The molecule has 0 aliphatic carbocycles. The molecule has 0 saturated carbocycles. The van der Waals surface area contributed by atoms with E-state index in [1.54, 1.807) is 29.2 Å². The number of nitrogens with zero attached hydrogens (tertiary/aromatic N) is 4. The van der Waals surface area contributed by atoms with Crippen molar-refractivity contribution in [1.29, 1.82) is 0 Å². The molecule has 2 fully saturated rings. The fourth-order valence-corrected chi connectivity index (χ4v) is 5.54. The minimum atomic E-state index is -3.73. The Balaban J connectivity index is 1.44. The van der Waals surface area contributed by atoms with Gasteiger partial charge in [0, 0.05) is 49.3 Å². The normalized spacial score (nSPS) is 19.6. The summed E-state index contributed by atoms with van der Waals surface area (Å²) in [4.78, 5) is 46.7. The van der Waals surface area contributed by atoms with Gasteiger partial charge in [0.15, 0.2) is 9.84 Å². The Morgan fingerprint density at radius 1 is 1.11 bits per heavy atom. The average molecular weight is 553 g/mol. The van der Waals surface area contributed by atoms with E-state index in [4.69, 9.17) is 11.6 Å². The molecule has 0 bridgehead atoms. The minimum Gasteiger partial charge on any atom is -0.361 e. The first kappa shape index (κ1) is 27.1. The molecule has 4 rings (SSSR count). The third kappa shape index (κ3) is 5.49. The number of likely N-dealkylation sites (tertiary alicyclic amines) is 1. The largest absolute Gasteiger partial charge is 0.361 e. The van der Waals surface area contributed by atoms with Crippen molar-refractivity contribution in [2.45, 2.75) is 43.5 Å². The van der Waals surface area contributed by atoms with Crippen LogP contribution in [0.25, 0.3) is 0 Å². The van der Waals surface area contributed by atoms with Crippen LogP contribution in [0.4, 0.5) is 10.5 Å². The highest BCUT2D eigenvalue weighted by Gasteiger charge is 2.47. The number of benzene rings is 1. The predicted molar refractivity (Wildman–Crippen MR) is 140 cm³/mol. The third-order valence-corrected chi connectivity index (χ3v) is 9.77. The van der Waals surface area contributed by atoms with E-state index in [1.165, 1.54) is 13.8 Å². The first-order chi connectivity index (χ1) is 17.3. The first-order valence-corrected chi connectivity index (χ1v) is 14.3. The molecule has 0 spiro atoms. The Morgan fingerprint density at radius 3 is 2.30 bits per heavy atom. The number of nitrogens with one attached hydrogen (secondary N) is 2. The maximum atomic E-state index is 13.6. The van der Waals surface area contributed by atoms with Gasteiger partial charge < -0.3 is 30.2 Å². The standard InChI is InChI=1S/C24H33ClN6O5S/c1-24(2,37(4,35)36)20(27-23(34)26-17-7-5-16(25)6-8-17)22(33)29-11-9-18(10-12-29)31-15-30-14-28(3)13-19(30)21(31)32/h5-8,13,18,20H,9-12,14-15H2,1-4H3,(H2,26,27,34)/t20-/m0/s1. The van der Waals surface area contributed by atoms with Gasteiger partial charge in [0.05, 0.1) is 18.1 Å². The van der Waals surface area contributed by atoms with Gasteiger partial charge in [0.25, 0.3) is 5.91 Å². The number of carbonyl (C=O) groups is 3. The van der Waals surface area contributed by atoms with E-state index in [0.717, 1.165) is 6.26 Å². The number of anilines is 1. The van der Waals surface area contributed by atoms with Crippen molar-refractivity contribution in [3.05, 3.63) is 41.2 Å². The van der Waals surface area contributed by atoms with E-state index in [2.05, 4.69) is 10.6 Å². The molecule has 1 atom stereocenters. The van der Waals surface area contributed by atoms with Gasteiger partial charge in [-0.1, -0.05) is 11.6 Å². The van der Waals surface area contributed by atoms with Crippen LogP contribution >= 0.6 is 11.6 Å². The lowest BCUT2D eigenvalue weighted by atomic mass is 9.98. The van der Waals surface area contributed by atoms with Gasteiger partial charge in [-0.3, -0.25) is 9.59 Å². The Hall–Kier alpha value is -2.99. The van der Waals surface area contributed by atoms with E-state index in [-0.39, 0.29) is 11.9 Å². The van der Waals surface area contributed by atoms with Gasteiger partial charge in [0.1, 0.15) is 11.7 Å². The topological polar surface area (TPSA) is 122 Å². The van der Waals surface area contributed by atoms with Gasteiger partial charge in [-0.25, -0.2) is 13.2 Å². The predicted octanol–water partition coefficient (Wildman–Crippen LogP) is 1.49. The van der Waals surface area contributed by atoms with Crippen LogP contribution in [0.15, 0.2) is 36.2 Å². The number of sulfone groups is 1. The number of carbonyl (C=O) groups excluding carboxylic acids is 3. The van der Waals surface area contributed by atoms with Crippen molar-refractivity contribution in [3.8, 4) is 0 Å². The SMILES string of the molecule is CN1C=C2C(=O)N(C3CCN(C(=O)[C@H](NC(=O)Nc4ccc(Cl)cc4)C(C)(C)S(C)(=O)=O)CC3)CN2C1. The number of urea groups is 1. The maximum Gasteiger partial charge on any atom is 0.319 e. The first-order valence-electron chi connectivity index (χ1n) is 12.1. The molecule has 0 aromatic heterocycles. The van der Waals surface area contributed by atoms with Crippen molar-refractivity contribution >= 4 is 45.0 Å². The van der Waals surface area contributed by atoms with Crippen molar-refractivity contribution in [2.75, 3.05) is 45.0 Å². The minimum absolute atomic E-state index is 0.00856. The van der Waals surface area contributed by atoms with Crippen molar-refractivity contribution in [2.24, 2.45) is 0 Å². The van der Waals surface area contributed by atoms with Gasteiger partial charge in [-0.15, -0.1) is 0 Å². The van der Waals surface area contributed by atoms with Crippen molar-refractivity contribution < 1.29 is 22.8 Å². The number of fused-ring (bicyclic) bond motifs is 1. The van der Waals surface area contributed by atoms with Crippen LogP contribution < -0.4 is 10.6 Å². The fraction of sp³-hybridized carbons (Fsp3) is 0.542. The van der Waals surface area contributed by atoms with Crippen molar-refractivity contribution in [3.63, 3.8) is 0 Å². The van der Waals surface area contributed by atoms with Crippen LogP contribution in [0.3, 0.4) is 0 Å². The molecule has 4 amide bonds. The van der Waals surface area contributed by atoms with E-state index in [1.807, 2.05) is 27.9 Å². The van der Waals surface area contributed by atoms with Gasteiger partial charge in [-0.05, 0) is 51.0 Å². The van der Waals surface area contributed by atoms with Crippen LogP contribution in [0.2, 0.25) is 5.02 Å². The molecule has 3 aliphatic rings. The number of hydrogen-bond donors (Lipinski definition) is 2. The second-order valence-corrected chi connectivity index (χ2v) is 13.4. The second-order valence-electron chi connectivity index (χ2n) is 10.3. The maximum absolute atomic E-state index is 13.6. The van der Waals surface area contributed by atoms with Crippen molar-refractivity contribution in [1.82, 2.24) is 24.9 Å². The monoisotopic (exact) mass is 552 g/mol. The van der Waals surface area contributed by atoms with E-state index >= 15 is 0 Å². The lowest BCUT2D eigenvalue weighted by molar-refractivity contribution is -0.136. The summed E-state index contributed by atoms with van der Waals surface area (Å²) < 4.78 is 23.7. The Bertz CT molecular complexity index is 1210. The smallest absolute Gasteiger partial charge is 0.319 e. The lowest BCUT2D eigenvalue weighted by Gasteiger charge is -2.40. The van der Waals surface area contributed by atoms with E-state index in [9.17, 15) is 22.8 Å². The van der Waals surface area contributed by atoms with Crippen LogP contribution in [0, 0.1) is 0 Å². The van der Waals surface area contributed by atoms with Crippen LogP contribution in [-0.2, 0) is 19.4 Å². The van der Waals surface area contributed by atoms with Crippen LogP contribution in [0.5, 0.6) is 0 Å².